The first-order valence-electron chi connectivity index (χ1n) is 7.24. The zero-order valence-corrected chi connectivity index (χ0v) is 13.0. The molecule has 1 aromatic rings. The van der Waals surface area contributed by atoms with Crippen LogP contribution in [0.4, 0.5) is 4.79 Å². The van der Waals surface area contributed by atoms with Crippen molar-refractivity contribution in [3.63, 3.8) is 0 Å². The van der Waals surface area contributed by atoms with E-state index in [1.807, 2.05) is 0 Å². The maximum absolute atomic E-state index is 12.1. The molecule has 0 spiro atoms. The molecule has 1 aliphatic heterocycles. The van der Waals surface area contributed by atoms with Gasteiger partial charge in [-0.25, -0.2) is 4.79 Å². The van der Waals surface area contributed by atoms with Crippen molar-refractivity contribution in [3.8, 4) is 5.75 Å². The van der Waals surface area contributed by atoms with E-state index in [4.69, 9.17) is 4.74 Å². The van der Waals surface area contributed by atoms with Crippen LogP contribution in [0.1, 0.15) is 33.2 Å². The van der Waals surface area contributed by atoms with Crippen LogP contribution in [-0.4, -0.2) is 50.6 Å². The highest BCUT2D eigenvalue weighted by atomic mass is 16.6. The van der Waals surface area contributed by atoms with Crippen molar-refractivity contribution in [2.45, 2.75) is 44.9 Å². The third-order valence-electron chi connectivity index (χ3n) is 3.49. The van der Waals surface area contributed by atoms with Crippen LogP contribution in [0, 0.1) is 0 Å². The number of nitrogens with zero attached hydrogens (tertiary/aromatic N) is 2. The minimum atomic E-state index is -0.735. The van der Waals surface area contributed by atoms with Crippen molar-refractivity contribution in [2.24, 2.45) is 0 Å². The van der Waals surface area contributed by atoms with Crippen LogP contribution in [-0.2, 0) is 4.74 Å². The Morgan fingerprint density at radius 1 is 1.41 bits per heavy atom. The summed E-state index contributed by atoms with van der Waals surface area (Å²) < 4.78 is 6.66. The molecule has 1 aromatic heterocycles. The Bertz CT molecular complexity index is 605. The number of aromatic hydroxyl groups is 1. The van der Waals surface area contributed by atoms with Crippen molar-refractivity contribution in [2.75, 3.05) is 13.1 Å². The topological polar surface area (TPSA) is 92.0 Å². The van der Waals surface area contributed by atoms with E-state index in [0.29, 0.717) is 13.0 Å². The van der Waals surface area contributed by atoms with Gasteiger partial charge in [-0.1, -0.05) is 0 Å². The predicted molar refractivity (Wildman–Crippen MR) is 79.8 cm³/mol. The summed E-state index contributed by atoms with van der Waals surface area (Å²) in [4.78, 5) is 25.6. The van der Waals surface area contributed by atoms with E-state index in [1.54, 1.807) is 20.8 Å². The molecular weight excluding hydrogens is 288 g/mol. The van der Waals surface area contributed by atoms with Gasteiger partial charge in [-0.3, -0.25) is 4.79 Å². The molecule has 0 bridgehead atoms. The minimum absolute atomic E-state index is 0.129. The minimum Gasteiger partial charge on any atom is -0.508 e. The number of rotatable bonds is 1. The third kappa shape index (κ3) is 3.79. The normalized spacial score (nSPS) is 22.5. The molecule has 1 aliphatic rings. The molecule has 0 aliphatic carbocycles. The lowest BCUT2D eigenvalue weighted by Gasteiger charge is -2.37. The SMILES string of the molecule is CC(C)(C)OC(=O)N1CCC(O)C(n2ccc(O)cc2=O)C1. The van der Waals surface area contributed by atoms with Gasteiger partial charge in [0.15, 0.2) is 0 Å². The fraction of sp³-hybridized carbons (Fsp3) is 0.600. The van der Waals surface area contributed by atoms with Crippen LogP contribution in [0.15, 0.2) is 23.1 Å². The van der Waals surface area contributed by atoms with Crippen molar-refractivity contribution < 1.29 is 19.7 Å². The summed E-state index contributed by atoms with van der Waals surface area (Å²) in [7, 11) is 0. The smallest absolute Gasteiger partial charge is 0.410 e. The van der Waals surface area contributed by atoms with Gasteiger partial charge < -0.3 is 24.4 Å². The molecule has 0 radical (unpaired) electrons. The van der Waals surface area contributed by atoms with Crippen LogP contribution < -0.4 is 5.56 Å². The van der Waals surface area contributed by atoms with Gasteiger partial charge in [-0.15, -0.1) is 0 Å². The maximum Gasteiger partial charge on any atom is 0.410 e. The van der Waals surface area contributed by atoms with Crippen LogP contribution in [0.2, 0.25) is 0 Å². The average Bonchev–Trinajstić information content (AvgIpc) is 2.38. The predicted octanol–water partition coefficient (Wildman–Crippen LogP) is 1.10. The number of pyridine rings is 1. The second-order valence-corrected chi connectivity index (χ2v) is 6.48. The molecular formula is C15H22N2O5. The van der Waals surface area contributed by atoms with Crippen molar-refractivity contribution in [3.05, 3.63) is 28.7 Å². The van der Waals surface area contributed by atoms with Gasteiger partial charge in [-0.05, 0) is 33.3 Å². The maximum atomic E-state index is 12.1. The second kappa shape index (κ2) is 6.00. The van der Waals surface area contributed by atoms with Gasteiger partial charge in [0, 0.05) is 25.4 Å². The largest absolute Gasteiger partial charge is 0.508 e. The molecule has 2 atom stereocenters. The van der Waals surface area contributed by atoms with E-state index in [2.05, 4.69) is 0 Å². The van der Waals surface area contributed by atoms with Crippen LogP contribution in [0.5, 0.6) is 5.75 Å². The summed E-state index contributed by atoms with van der Waals surface area (Å²) in [5, 5.41) is 19.5. The third-order valence-corrected chi connectivity index (χ3v) is 3.49. The lowest BCUT2D eigenvalue weighted by Crippen LogP contribution is -2.49. The van der Waals surface area contributed by atoms with Gasteiger partial charge in [0.1, 0.15) is 11.4 Å². The summed E-state index contributed by atoms with van der Waals surface area (Å²) in [6, 6.07) is 1.90. The highest BCUT2D eigenvalue weighted by Gasteiger charge is 2.33. The van der Waals surface area contributed by atoms with Crippen molar-refractivity contribution in [1.29, 1.82) is 0 Å². The number of aliphatic hydroxyl groups is 1. The lowest BCUT2D eigenvalue weighted by molar-refractivity contribution is -0.00606. The summed E-state index contributed by atoms with van der Waals surface area (Å²) in [6.45, 7) is 5.91. The molecule has 122 valence electrons. The highest BCUT2D eigenvalue weighted by Crippen LogP contribution is 2.23. The Morgan fingerprint density at radius 3 is 2.68 bits per heavy atom. The first kappa shape index (κ1) is 16.4. The number of aromatic nitrogens is 1. The Hall–Kier alpha value is -2.02. The number of piperidine rings is 1. The fourth-order valence-electron chi connectivity index (χ4n) is 2.44. The molecule has 1 saturated heterocycles. The van der Waals surface area contributed by atoms with Crippen LogP contribution >= 0.6 is 0 Å². The van der Waals surface area contributed by atoms with Gasteiger partial charge in [0.25, 0.3) is 5.56 Å². The molecule has 1 fully saturated rings. The Balaban J connectivity index is 2.18. The molecule has 22 heavy (non-hydrogen) atoms. The lowest BCUT2D eigenvalue weighted by atomic mass is 10.0. The van der Waals surface area contributed by atoms with Crippen molar-refractivity contribution >= 4 is 6.09 Å². The number of carbonyl (C=O) groups is 1. The van der Waals surface area contributed by atoms with Crippen LogP contribution in [0.25, 0.3) is 0 Å². The number of hydrogen-bond acceptors (Lipinski definition) is 5. The standard InChI is InChI=1S/C15H22N2O5/c1-15(2,3)22-14(21)16-6-5-12(19)11(9-16)17-7-4-10(18)8-13(17)20/h4,7-8,11-12,18-19H,5-6,9H2,1-3H3. The summed E-state index contributed by atoms with van der Waals surface area (Å²) in [5.41, 5.74) is -1.02. The number of aliphatic hydroxyl groups excluding tert-OH is 1. The van der Waals surface area contributed by atoms with Gasteiger partial charge in [-0.2, -0.15) is 0 Å². The van der Waals surface area contributed by atoms with Gasteiger partial charge in [0.2, 0.25) is 0 Å². The van der Waals surface area contributed by atoms with E-state index < -0.39 is 29.4 Å². The Morgan fingerprint density at radius 2 is 2.09 bits per heavy atom. The molecule has 7 nitrogen and oxygen atoms in total. The molecule has 7 heteroatoms. The number of carbonyl (C=O) groups excluding carboxylic acids is 1. The number of ether oxygens (including phenoxy) is 1. The molecule has 2 N–H and O–H groups in total. The zero-order chi connectivity index (χ0) is 16.5. The van der Waals surface area contributed by atoms with Crippen LogP contribution in [0.3, 0.4) is 0 Å². The number of hydrogen-bond donors (Lipinski definition) is 2. The molecule has 0 aromatic carbocycles. The van der Waals surface area contributed by atoms with E-state index in [0.717, 1.165) is 6.07 Å². The first-order valence-corrected chi connectivity index (χ1v) is 7.24. The van der Waals surface area contributed by atoms with E-state index in [9.17, 15) is 19.8 Å². The fourth-order valence-corrected chi connectivity index (χ4v) is 2.44. The molecule has 2 heterocycles. The first-order chi connectivity index (χ1) is 10.2. The van der Waals surface area contributed by atoms with Gasteiger partial charge >= 0.3 is 6.09 Å². The van der Waals surface area contributed by atoms with Gasteiger partial charge in [0.05, 0.1) is 12.1 Å². The average molecular weight is 310 g/mol. The second-order valence-electron chi connectivity index (χ2n) is 6.48. The summed E-state index contributed by atoms with van der Waals surface area (Å²) in [6.07, 6.45) is 0.582. The number of amides is 1. The Labute approximate surface area is 128 Å². The number of likely N-dealkylation sites (tertiary alicyclic amines) is 1. The van der Waals surface area contributed by atoms with Crippen molar-refractivity contribution in [1.82, 2.24) is 9.47 Å². The molecule has 1 amide bonds. The summed E-state index contributed by atoms with van der Waals surface area (Å²) in [5.74, 6) is -0.129. The summed E-state index contributed by atoms with van der Waals surface area (Å²) >= 11 is 0. The van der Waals surface area contributed by atoms with E-state index in [1.165, 1.54) is 21.7 Å². The monoisotopic (exact) mass is 310 g/mol. The molecule has 2 unspecified atom stereocenters. The molecule has 0 saturated carbocycles. The van der Waals surface area contributed by atoms with E-state index in [-0.39, 0.29) is 12.3 Å². The quantitative estimate of drug-likeness (QED) is 0.810. The highest BCUT2D eigenvalue weighted by molar-refractivity contribution is 5.68. The molecule has 2 rings (SSSR count). The zero-order valence-electron chi connectivity index (χ0n) is 13.0. The Kier molecular flexibility index (Phi) is 4.46. The van der Waals surface area contributed by atoms with E-state index >= 15 is 0 Å².